The first-order valence-electron chi connectivity index (χ1n) is 5.22. The van der Waals surface area contributed by atoms with Crippen molar-refractivity contribution in [3.63, 3.8) is 0 Å². The van der Waals surface area contributed by atoms with Gasteiger partial charge in [-0.05, 0) is 31.5 Å². The van der Waals surface area contributed by atoms with Crippen molar-refractivity contribution in [2.75, 3.05) is 7.11 Å². The zero-order valence-electron chi connectivity index (χ0n) is 9.71. The van der Waals surface area contributed by atoms with Crippen LogP contribution in [0.4, 0.5) is 8.78 Å². The van der Waals surface area contributed by atoms with E-state index in [-0.39, 0.29) is 6.04 Å². The Hall–Kier alpha value is -1.16. The van der Waals surface area contributed by atoms with Gasteiger partial charge in [-0.3, -0.25) is 0 Å². The smallest absolute Gasteiger partial charge is 0.253 e. The largest absolute Gasteiger partial charge is 0.497 e. The summed E-state index contributed by atoms with van der Waals surface area (Å²) in [7, 11) is 1.58. The van der Waals surface area contributed by atoms with Gasteiger partial charge < -0.3 is 10.1 Å². The molecule has 16 heavy (non-hydrogen) atoms. The zero-order chi connectivity index (χ0) is 12.1. The summed E-state index contributed by atoms with van der Waals surface area (Å²) in [5, 5.41) is 2.84. The lowest BCUT2D eigenvalue weighted by Gasteiger charge is -2.20. The lowest BCUT2D eigenvalue weighted by molar-refractivity contribution is 0.101. The first kappa shape index (κ1) is 12.9. The molecule has 0 aliphatic rings. The first-order chi connectivity index (χ1) is 7.54. The molecule has 0 amide bonds. The van der Waals surface area contributed by atoms with Crippen LogP contribution in [0.2, 0.25) is 0 Å². The standard InChI is InChI=1S/C12H17F2NO/c1-8(15-9(2)12(13)14)10-5-4-6-11(7-10)16-3/h4-9,12,15H,1-3H3/t8-,9?/m0/s1. The van der Waals surface area contributed by atoms with Gasteiger partial charge >= 0.3 is 0 Å². The zero-order valence-corrected chi connectivity index (χ0v) is 9.71. The molecule has 0 saturated heterocycles. The van der Waals surface area contributed by atoms with Crippen molar-refractivity contribution in [2.24, 2.45) is 0 Å². The summed E-state index contributed by atoms with van der Waals surface area (Å²) in [5.41, 5.74) is 0.937. The molecular formula is C12H17F2NO. The van der Waals surface area contributed by atoms with Crippen molar-refractivity contribution in [2.45, 2.75) is 32.4 Å². The molecule has 0 aliphatic heterocycles. The summed E-state index contributed by atoms with van der Waals surface area (Å²) in [5.74, 6) is 0.732. The average molecular weight is 229 g/mol. The van der Waals surface area contributed by atoms with Gasteiger partial charge in [0.1, 0.15) is 5.75 Å². The van der Waals surface area contributed by atoms with Crippen molar-refractivity contribution >= 4 is 0 Å². The fraction of sp³-hybridized carbons (Fsp3) is 0.500. The Kier molecular flexibility index (Phi) is 4.68. The molecular weight excluding hydrogens is 212 g/mol. The van der Waals surface area contributed by atoms with Crippen LogP contribution in [0.1, 0.15) is 25.5 Å². The predicted molar refractivity (Wildman–Crippen MR) is 60.0 cm³/mol. The van der Waals surface area contributed by atoms with Gasteiger partial charge in [-0.2, -0.15) is 0 Å². The summed E-state index contributed by atoms with van der Waals surface area (Å²) in [6.07, 6.45) is -2.35. The third-order valence-corrected chi connectivity index (χ3v) is 2.48. The molecule has 0 heterocycles. The minimum atomic E-state index is -2.35. The Balaban J connectivity index is 2.68. The molecule has 0 saturated carbocycles. The Morgan fingerprint density at radius 3 is 2.50 bits per heavy atom. The van der Waals surface area contributed by atoms with E-state index in [9.17, 15) is 8.78 Å². The highest BCUT2D eigenvalue weighted by Crippen LogP contribution is 2.19. The van der Waals surface area contributed by atoms with Crippen LogP contribution in [-0.4, -0.2) is 19.6 Å². The van der Waals surface area contributed by atoms with Crippen LogP contribution in [0.3, 0.4) is 0 Å². The van der Waals surface area contributed by atoms with Gasteiger partial charge in [0.2, 0.25) is 0 Å². The highest BCUT2D eigenvalue weighted by Gasteiger charge is 2.17. The third kappa shape index (κ3) is 3.45. The number of benzene rings is 1. The number of alkyl halides is 2. The summed E-state index contributed by atoms with van der Waals surface area (Å²) in [4.78, 5) is 0. The lowest BCUT2D eigenvalue weighted by atomic mass is 10.1. The fourth-order valence-corrected chi connectivity index (χ4v) is 1.47. The van der Waals surface area contributed by atoms with Gasteiger partial charge in [0.25, 0.3) is 6.43 Å². The van der Waals surface area contributed by atoms with Gasteiger partial charge in [-0.25, -0.2) is 8.78 Å². The van der Waals surface area contributed by atoms with Gasteiger partial charge in [0.05, 0.1) is 13.2 Å². The van der Waals surface area contributed by atoms with Gasteiger partial charge in [0.15, 0.2) is 0 Å². The van der Waals surface area contributed by atoms with Crippen LogP contribution in [0.5, 0.6) is 5.75 Å². The average Bonchev–Trinajstić information content (AvgIpc) is 2.28. The van der Waals surface area contributed by atoms with E-state index >= 15 is 0 Å². The lowest BCUT2D eigenvalue weighted by Crippen LogP contribution is -2.34. The number of rotatable bonds is 5. The topological polar surface area (TPSA) is 21.3 Å². The Bertz CT molecular complexity index is 331. The van der Waals surface area contributed by atoms with Crippen molar-refractivity contribution < 1.29 is 13.5 Å². The summed E-state index contributed by atoms with van der Waals surface area (Å²) in [6.45, 7) is 3.33. The van der Waals surface area contributed by atoms with E-state index in [4.69, 9.17) is 4.74 Å². The molecule has 0 radical (unpaired) electrons. The molecule has 1 aromatic rings. The number of hydrogen-bond acceptors (Lipinski definition) is 2. The minimum absolute atomic E-state index is 0.126. The number of methoxy groups -OCH3 is 1. The third-order valence-electron chi connectivity index (χ3n) is 2.48. The minimum Gasteiger partial charge on any atom is -0.497 e. The Morgan fingerprint density at radius 2 is 1.94 bits per heavy atom. The maximum absolute atomic E-state index is 12.4. The van der Waals surface area contributed by atoms with E-state index in [0.29, 0.717) is 0 Å². The quantitative estimate of drug-likeness (QED) is 0.838. The molecule has 0 spiro atoms. The molecule has 1 rings (SSSR count). The number of hydrogen-bond donors (Lipinski definition) is 1. The number of halogens is 2. The second kappa shape index (κ2) is 5.80. The second-order valence-electron chi connectivity index (χ2n) is 3.79. The molecule has 0 fully saturated rings. The molecule has 90 valence electrons. The highest BCUT2D eigenvalue weighted by molar-refractivity contribution is 5.30. The van der Waals surface area contributed by atoms with E-state index in [1.807, 2.05) is 31.2 Å². The molecule has 1 aromatic carbocycles. The summed E-state index contributed by atoms with van der Waals surface area (Å²) >= 11 is 0. The fourth-order valence-electron chi connectivity index (χ4n) is 1.47. The molecule has 0 aromatic heterocycles. The van der Waals surface area contributed by atoms with E-state index in [2.05, 4.69) is 5.32 Å². The molecule has 0 bridgehead atoms. The van der Waals surface area contributed by atoms with E-state index in [1.54, 1.807) is 7.11 Å². The monoisotopic (exact) mass is 229 g/mol. The van der Waals surface area contributed by atoms with Crippen molar-refractivity contribution in [1.29, 1.82) is 0 Å². The van der Waals surface area contributed by atoms with Crippen molar-refractivity contribution in [1.82, 2.24) is 5.32 Å². The SMILES string of the molecule is COc1cccc([C@H](C)NC(C)C(F)F)c1. The second-order valence-corrected chi connectivity index (χ2v) is 3.79. The van der Waals surface area contributed by atoms with E-state index < -0.39 is 12.5 Å². The first-order valence-corrected chi connectivity index (χ1v) is 5.22. The Morgan fingerprint density at radius 1 is 1.25 bits per heavy atom. The van der Waals surface area contributed by atoms with Crippen LogP contribution in [0, 0.1) is 0 Å². The van der Waals surface area contributed by atoms with E-state index in [1.165, 1.54) is 6.92 Å². The Labute approximate surface area is 94.6 Å². The summed E-state index contributed by atoms with van der Waals surface area (Å²) < 4.78 is 29.8. The number of ether oxygens (including phenoxy) is 1. The molecule has 4 heteroatoms. The normalized spacial score (nSPS) is 14.9. The molecule has 2 atom stereocenters. The van der Waals surface area contributed by atoms with E-state index in [0.717, 1.165) is 11.3 Å². The van der Waals surface area contributed by atoms with Gasteiger partial charge in [-0.15, -0.1) is 0 Å². The summed E-state index contributed by atoms with van der Waals surface area (Å²) in [6, 6.07) is 6.46. The van der Waals surface area contributed by atoms with Crippen molar-refractivity contribution in [3.8, 4) is 5.75 Å². The number of nitrogens with one attached hydrogen (secondary N) is 1. The van der Waals surface area contributed by atoms with Crippen LogP contribution in [0.25, 0.3) is 0 Å². The maximum atomic E-state index is 12.4. The van der Waals surface area contributed by atoms with Crippen LogP contribution in [-0.2, 0) is 0 Å². The van der Waals surface area contributed by atoms with Crippen molar-refractivity contribution in [3.05, 3.63) is 29.8 Å². The maximum Gasteiger partial charge on any atom is 0.253 e. The van der Waals surface area contributed by atoms with Crippen LogP contribution >= 0.6 is 0 Å². The van der Waals surface area contributed by atoms with Crippen LogP contribution in [0.15, 0.2) is 24.3 Å². The predicted octanol–water partition coefficient (Wildman–Crippen LogP) is 3.00. The van der Waals surface area contributed by atoms with Crippen LogP contribution < -0.4 is 10.1 Å². The molecule has 1 N–H and O–H groups in total. The molecule has 1 unspecified atom stereocenters. The highest BCUT2D eigenvalue weighted by atomic mass is 19.3. The van der Waals surface area contributed by atoms with Gasteiger partial charge in [0, 0.05) is 6.04 Å². The van der Waals surface area contributed by atoms with Gasteiger partial charge in [-0.1, -0.05) is 12.1 Å². The molecule has 0 aliphatic carbocycles. The molecule has 2 nitrogen and oxygen atoms in total.